The fraction of sp³-hybridized carbons (Fsp3) is 0.636. The molecule has 0 saturated carbocycles. The summed E-state index contributed by atoms with van der Waals surface area (Å²) in [6, 6.07) is 0. The molecule has 0 radical (unpaired) electrons. The lowest BCUT2D eigenvalue weighted by Crippen LogP contribution is -2.40. The first-order valence-corrected chi connectivity index (χ1v) is 5.11. The highest BCUT2D eigenvalue weighted by molar-refractivity contribution is 5.79. The van der Waals surface area contributed by atoms with Crippen molar-refractivity contribution >= 4 is 11.8 Å². The molecule has 0 aliphatic carbocycles. The molecule has 2 N–H and O–H groups in total. The third-order valence-electron chi connectivity index (χ3n) is 2.08. The minimum atomic E-state index is -0.143. The molecule has 0 aromatic carbocycles. The van der Waals surface area contributed by atoms with Crippen molar-refractivity contribution < 1.29 is 9.59 Å². The predicted octanol–water partition coefficient (Wildman–Crippen LogP) is -0.950. The molecule has 5 heteroatoms. The van der Waals surface area contributed by atoms with E-state index in [2.05, 4.69) is 16.6 Å². The Kier molecular flexibility index (Phi) is 6.97. The summed E-state index contributed by atoms with van der Waals surface area (Å²) in [7, 11) is 3.38. The monoisotopic (exact) mass is 225 g/mol. The Morgan fingerprint density at radius 3 is 2.62 bits per heavy atom. The van der Waals surface area contributed by atoms with Crippen LogP contribution < -0.4 is 10.6 Å². The summed E-state index contributed by atoms with van der Waals surface area (Å²) in [5.74, 6) is 2.02. The lowest BCUT2D eigenvalue weighted by molar-refractivity contribution is -0.126. The van der Waals surface area contributed by atoms with Gasteiger partial charge in [-0.15, -0.1) is 6.42 Å². The number of carbonyl (C=O) groups excluding carboxylic acids is 2. The van der Waals surface area contributed by atoms with E-state index in [1.807, 2.05) is 6.92 Å². The maximum absolute atomic E-state index is 11.3. The lowest BCUT2D eigenvalue weighted by Gasteiger charge is -2.19. The Morgan fingerprint density at radius 2 is 2.12 bits per heavy atom. The van der Waals surface area contributed by atoms with E-state index in [1.54, 1.807) is 19.0 Å². The Hall–Kier alpha value is -1.54. The second-order valence-electron chi connectivity index (χ2n) is 3.69. The fourth-order valence-corrected chi connectivity index (χ4v) is 1.31. The van der Waals surface area contributed by atoms with E-state index in [1.165, 1.54) is 0 Å². The van der Waals surface area contributed by atoms with Gasteiger partial charge in [0.15, 0.2) is 0 Å². The van der Waals surface area contributed by atoms with E-state index in [0.717, 1.165) is 0 Å². The van der Waals surface area contributed by atoms with Gasteiger partial charge in [-0.1, -0.05) is 12.8 Å². The molecule has 0 spiro atoms. The Labute approximate surface area is 96.6 Å². The van der Waals surface area contributed by atoms with Crippen LogP contribution in [0.3, 0.4) is 0 Å². The van der Waals surface area contributed by atoms with Crippen LogP contribution in [-0.2, 0) is 9.59 Å². The Morgan fingerprint density at radius 1 is 1.50 bits per heavy atom. The third kappa shape index (κ3) is 6.04. The number of rotatable bonds is 6. The van der Waals surface area contributed by atoms with Crippen molar-refractivity contribution in [2.45, 2.75) is 6.92 Å². The molecule has 90 valence electrons. The molecule has 0 aliphatic heterocycles. The topological polar surface area (TPSA) is 61.4 Å². The zero-order chi connectivity index (χ0) is 12.6. The van der Waals surface area contributed by atoms with Crippen LogP contribution in [0.4, 0.5) is 0 Å². The van der Waals surface area contributed by atoms with Gasteiger partial charge in [-0.05, 0) is 7.05 Å². The molecule has 0 rings (SSSR count). The van der Waals surface area contributed by atoms with Crippen LogP contribution in [0.1, 0.15) is 6.92 Å². The van der Waals surface area contributed by atoms with Gasteiger partial charge >= 0.3 is 0 Å². The standard InChI is InChI=1S/C11H19N3O2/c1-5-6-13-10(15)8-14(4)7-9(2)11(16)12-3/h1,9H,6-8H2,2-4H3,(H,12,16)(H,13,15). The van der Waals surface area contributed by atoms with Gasteiger partial charge in [-0.2, -0.15) is 0 Å². The summed E-state index contributed by atoms with van der Waals surface area (Å²) in [6.45, 7) is 2.82. The molecule has 2 amide bonds. The molecule has 0 heterocycles. The number of terminal acetylenes is 1. The fourth-order valence-electron chi connectivity index (χ4n) is 1.31. The molecule has 0 aliphatic rings. The molecule has 1 unspecified atom stereocenters. The zero-order valence-corrected chi connectivity index (χ0v) is 10.0. The van der Waals surface area contributed by atoms with Gasteiger partial charge in [0.25, 0.3) is 0 Å². The molecule has 0 fully saturated rings. The number of carbonyl (C=O) groups is 2. The average Bonchev–Trinajstić information content (AvgIpc) is 2.24. The van der Waals surface area contributed by atoms with Gasteiger partial charge in [0, 0.05) is 19.5 Å². The number of hydrogen-bond acceptors (Lipinski definition) is 3. The first-order chi connectivity index (χ1) is 7.51. The number of nitrogens with zero attached hydrogens (tertiary/aromatic N) is 1. The molecule has 0 saturated heterocycles. The number of nitrogens with one attached hydrogen (secondary N) is 2. The predicted molar refractivity (Wildman–Crippen MR) is 62.6 cm³/mol. The molecule has 0 aromatic rings. The van der Waals surface area contributed by atoms with Crippen LogP contribution >= 0.6 is 0 Å². The van der Waals surface area contributed by atoms with E-state index in [0.29, 0.717) is 6.54 Å². The normalized spacial score (nSPS) is 11.7. The second kappa shape index (κ2) is 7.71. The van der Waals surface area contributed by atoms with Crippen LogP contribution in [0.5, 0.6) is 0 Å². The van der Waals surface area contributed by atoms with Crippen molar-refractivity contribution in [2.24, 2.45) is 5.92 Å². The maximum atomic E-state index is 11.3. The summed E-state index contributed by atoms with van der Waals surface area (Å²) < 4.78 is 0. The van der Waals surface area contributed by atoms with E-state index >= 15 is 0 Å². The summed E-state index contributed by atoms with van der Waals surface area (Å²) in [4.78, 5) is 24.3. The summed E-state index contributed by atoms with van der Waals surface area (Å²) in [5.41, 5.74) is 0. The van der Waals surface area contributed by atoms with Crippen LogP contribution in [-0.4, -0.2) is 50.4 Å². The highest BCUT2D eigenvalue weighted by atomic mass is 16.2. The minimum Gasteiger partial charge on any atom is -0.359 e. The van der Waals surface area contributed by atoms with Crippen LogP contribution in [0.15, 0.2) is 0 Å². The summed E-state index contributed by atoms with van der Waals surface area (Å²) >= 11 is 0. The van der Waals surface area contributed by atoms with E-state index < -0.39 is 0 Å². The molecule has 1 atom stereocenters. The Balaban J connectivity index is 3.90. The van der Waals surface area contributed by atoms with Gasteiger partial charge in [0.05, 0.1) is 13.1 Å². The van der Waals surface area contributed by atoms with Gasteiger partial charge in [-0.25, -0.2) is 0 Å². The van der Waals surface area contributed by atoms with Crippen molar-refractivity contribution in [1.29, 1.82) is 0 Å². The smallest absolute Gasteiger partial charge is 0.234 e. The van der Waals surface area contributed by atoms with Crippen LogP contribution in [0.25, 0.3) is 0 Å². The number of hydrogen-bond donors (Lipinski definition) is 2. The zero-order valence-electron chi connectivity index (χ0n) is 10.0. The van der Waals surface area contributed by atoms with Crippen LogP contribution in [0.2, 0.25) is 0 Å². The summed E-state index contributed by atoms with van der Waals surface area (Å²) in [5, 5.41) is 5.13. The molecule has 5 nitrogen and oxygen atoms in total. The molecule has 0 bridgehead atoms. The minimum absolute atomic E-state index is 0.0316. The molecular weight excluding hydrogens is 206 g/mol. The van der Waals surface area contributed by atoms with Crippen molar-refractivity contribution in [1.82, 2.24) is 15.5 Å². The second-order valence-corrected chi connectivity index (χ2v) is 3.69. The highest BCUT2D eigenvalue weighted by Crippen LogP contribution is 1.97. The van der Waals surface area contributed by atoms with Gasteiger partial charge < -0.3 is 10.6 Å². The van der Waals surface area contributed by atoms with Gasteiger partial charge in [0.2, 0.25) is 11.8 Å². The SMILES string of the molecule is C#CCNC(=O)CN(C)CC(C)C(=O)NC. The number of likely N-dealkylation sites (N-methyl/N-ethyl adjacent to an activating group) is 1. The largest absolute Gasteiger partial charge is 0.359 e. The van der Waals surface area contributed by atoms with Crippen molar-refractivity contribution in [3.8, 4) is 12.3 Å². The highest BCUT2D eigenvalue weighted by Gasteiger charge is 2.14. The Bertz CT molecular complexity index is 283. The van der Waals surface area contributed by atoms with Crippen LogP contribution in [0, 0.1) is 18.3 Å². The van der Waals surface area contributed by atoms with Crippen molar-refractivity contribution in [3.05, 3.63) is 0 Å². The average molecular weight is 225 g/mol. The summed E-state index contributed by atoms with van der Waals surface area (Å²) in [6.07, 6.45) is 5.01. The van der Waals surface area contributed by atoms with E-state index in [4.69, 9.17) is 6.42 Å². The van der Waals surface area contributed by atoms with Crippen molar-refractivity contribution in [2.75, 3.05) is 33.7 Å². The van der Waals surface area contributed by atoms with E-state index in [-0.39, 0.29) is 30.8 Å². The van der Waals surface area contributed by atoms with Gasteiger partial charge in [-0.3, -0.25) is 14.5 Å². The lowest BCUT2D eigenvalue weighted by atomic mass is 10.1. The number of amides is 2. The molecule has 16 heavy (non-hydrogen) atoms. The maximum Gasteiger partial charge on any atom is 0.234 e. The third-order valence-corrected chi connectivity index (χ3v) is 2.08. The van der Waals surface area contributed by atoms with Crippen molar-refractivity contribution in [3.63, 3.8) is 0 Å². The van der Waals surface area contributed by atoms with E-state index in [9.17, 15) is 9.59 Å². The first kappa shape index (κ1) is 14.5. The molecule has 0 aromatic heterocycles. The molecular formula is C11H19N3O2. The van der Waals surface area contributed by atoms with Gasteiger partial charge in [0.1, 0.15) is 0 Å². The quantitative estimate of drug-likeness (QED) is 0.573. The first-order valence-electron chi connectivity index (χ1n) is 5.11.